The van der Waals surface area contributed by atoms with Crippen LogP contribution in [0.15, 0.2) is 52.4 Å². The molecule has 0 aliphatic heterocycles. The van der Waals surface area contributed by atoms with Gasteiger partial charge in [0.05, 0.1) is 29.5 Å². The van der Waals surface area contributed by atoms with Crippen LogP contribution in [0.1, 0.15) is 5.56 Å². The Labute approximate surface area is 181 Å². The number of rotatable bonds is 7. The first kappa shape index (κ1) is 21.1. The number of nitrogens with zero attached hydrogens (tertiary/aromatic N) is 2. The van der Waals surface area contributed by atoms with Crippen LogP contribution in [0.25, 0.3) is 11.3 Å². The van der Waals surface area contributed by atoms with Gasteiger partial charge >= 0.3 is 0 Å². The van der Waals surface area contributed by atoms with E-state index in [0.717, 1.165) is 0 Å². The minimum absolute atomic E-state index is 0.0429. The number of para-hydroxylation sites is 1. The van der Waals surface area contributed by atoms with Crippen LogP contribution in [-0.2, 0) is 0 Å². The van der Waals surface area contributed by atoms with Gasteiger partial charge in [0.25, 0.3) is 5.56 Å². The Balaban J connectivity index is 1.75. The molecule has 0 unspecified atom stereocenters. The molecular formula is C20H15Cl2N3O3S. The Bertz CT molecular complexity index is 1090. The molecule has 9 heteroatoms. The number of methoxy groups -OCH3 is 1. The number of ether oxygens (including phenoxy) is 2. The number of nitrogens with one attached hydrogen (secondary N) is 1. The summed E-state index contributed by atoms with van der Waals surface area (Å²) < 4.78 is 10.8. The molecule has 6 nitrogen and oxygen atoms in total. The highest BCUT2D eigenvalue weighted by molar-refractivity contribution is 7.99. The van der Waals surface area contributed by atoms with Gasteiger partial charge in [-0.1, -0.05) is 41.0 Å². The lowest BCUT2D eigenvalue weighted by atomic mass is 10.1. The van der Waals surface area contributed by atoms with Crippen molar-refractivity contribution >= 4 is 35.0 Å². The SMILES string of the molecule is COc1ccc(-c2nc(SCCOc3c(Cl)cccc3Cl)[nH]c(=O)c2C#N)cc1. The molecule has 1 aromatic heterocycles. The second-order valence-corrected chi connectivity index (χ2v) is 7.58. The van der Waals surface area contributed by atoms with Gasteiger partial charge in [-0.05, 0) is 36.4 Å². The van der Waals surface area contributed by atoms with Crippen molar-refractivity contribution in [3.8, 4) is 28.8 Å². The van der Waals surface area contributed by atoms with Crippen LogP contribution in [0.3, 0.4) is 0 Å². The van der Waals surface area contributed by atoms with Gasteiger partial charge < -0.3 is 14.5 Å². The minimum atomic E-state index is -0.495. The van der Waals surface area contributed by atoms with Gasteiger partial charge in [0, 0.05) is 11.3 Å². The van der Waals surface area contributed by atoms with E-state index in [9.17, 15) is 10.1 Å². The lowest BCUT2D eigenvalue weighted by Crippen LogP contribution is -2.15. The number of aromatic nitrogens is 2. The lowest BCUT2D eigenvalue weighted by molar-refractivity contribution is 0.344. The first-order chi connectivity index (χ1) is 14.0. The monoisotopic (exact) mass is 447 g/mol. The Morgan fingerprint density at radius 3 is 2.48 bits per heavy atom. The molecule has 0 atom stereocenters. The Morgan fingerprint density at radius 2 is 1.86 bits per heavy atom. The molecule has 1 N–H and O–H groups in total. The maximum absolute atomic E-state index is 12.3. The van der Waals surface area contributed by atoms with Crippen LogP contribution in [0.5, 0.6) is 11.5 Å². The molecule has 0 bridgehead atoms. The molecule has 3 aromatic rings. The maximum Gasteiger partial charge on any atom is 0.270 e. The van der Waals surface area contributed by atoms with Crippen molar-refractivity contribution in [1.82, 2.24) is 9.97 Å². The number of nitriles is 1. The molecule has 1 heterocycles. The van der Waals surface area contributed by atoms with E-state index in [-0.39, 0.29) is 5.56 Å². The fraction of sp³-hybridized carbons (Fsp3) is 0.150. The van der Waals surface area contributed by atoms with E-state index in [4.69, 9.17) is 32.7 Å². The number of H-pyrrole nitrogens is 1. The van der Waals surface area contributed by atoms with E-state index in [2.05, 4.69) is 9.97 Å². The van der Waals surface area contributed by atoms with Gasteiger partial charge in [0.15, 0.2) is 10.9 Å². The zero-order chi connectivity index (χ0) is 20.8. The summed E-state index contributed by atoms with van der Waals surface area (Å²) in [4.78, 5) is 19.4. The number of halogens is 2. The van der Waals surface area contributed by atoms with E-state index in [1.165, 1.54) is 11.8 Å². The van der Waals surface area contributed by atoms with E-state index < -0.39 is 5.56 Å². The van der Waals surface area contributed by atoms with Crippen molar-refractivity contribution in [2.45, 2.75) is 5.16 Å². The van der Waals surface area contributed by atoms with Gasteiger partial charge in [-0.3, -0.25) is 4.79 Å². The van der Waals surface area contributed by atoms with Crippen molar-refractivity contribution in [2.75, 3.05) is 19.5 Å². The van der Waals surface area contributed by atoms with E-state index in [1.807, 2.05) is 6.07 Å². The number of hydrogen-bond acceptors (Lipinski definition) is 6. The van der Waals surface area contributed by atoms with Crippen LogP contribution in [0, 0.1) is 11.3 Å². The summed E-state index contributed by atoms with van der Waals surface area (Å²) in [5.41, 5.74) is 0.426. The van der Waals surface area contributed by atoms with Gasteiger partial charge in [-0.25, -0.2) is 4.98 Å². The number of benzene rings is 2. The lowest BCUT2D eigenvalue weighted by Gasteiger charge is -2.10. The van der Waals surface area contributed by atoms with Crippen molar-refractivity contribution < 1.29 is 9.47 Å². The minimum Gasteiger partial charge on any atom is -0.497 e. The summed E-state index contributed by atoms with van der Waals surface area (Å²) in [6.45, 7) is 0.301. The van der Waals surface area contributed by atoms with Crippen LogP contribution in [-0.4, -0.2) is 29.4 Å². The average molecular weight is 448 g/mol. The molecule has 0 aliphatic carbocycles. The van der Waals surface area contributed by atoms with Gasteiger partial charge in [0.2, 0.25) is 0 Å². The Morgan fingerprint density at radius 1 is 1.17 bits per heavy atom. The van der Waals surface area contributed by atoms with E-state index in [0.29, 0.717) is 50.3 Å². The Kier molecular flexibility index (Phi) is 7.04. The van der Waals surface area contributed by atoms with Gasteiger partial charge in [-0.15, -0.1) is 0 Å². The summed E-state index contributed by atoms with van der Waals surface area (Å²) in [5, 5.41) is 10.6. The molecule has 0 aliphatic rings. The quantitative estimate of drug-likeness (QED) is 0.318. The zero-order valence-corrected chi connectivity index (χ0v) is 17.6. The van der Waals surface area contributed by atoms with Crippen LogP contribution < -0.4 is 15.0 Å². The predicted octanol–water partition coefficient (Wildman–Crippen LogP) is 4.80. The van der Waals surface area contributed by atoms with Crippen molar-refractivity contribution in [2.24, 2.45) is 0 Å². The zero-order valence-electron chi connectivity index (χ0n) is 15.2. The second-order valence-electron chi connectivity index (χ2n) is 5.68. The van der Waals surface area contributed by atoms with Gasteiger partial charge in [-0.2, -0.15) is 5.26 Å². The third kappa shape index (κ3) is 5.04. The van der Waals surface area contributed by atoms with Crippen molar-refractivity contribution in [3.63, 3.8) is 0 Å². The normalized spacial score (nSPS) is 10.4. The molecule has 0 spiro atoms. The maximum atomic E-state index is 12.3. The highest BCUT2D eigenvalue weighted by Gasteiger charge is 2.14. The summed E-state index contributed by atoms with van der Waals surface area (Å²) in [6, 6.07) is 14.0. The highest BCUT2D eigenvalue weighted by atomic mass is 35.5. The van der Waals surface area contributed by atoms with Crippen molar-refractivity contribution in [3.05, 3.63) is 68.4 Å². The number of thioether (sulfide) groups is 1. The predicted molar refractivity (Wildman–Crippen MR) is 114 cm³/mol. The largest absolute Gasteiger partial charge is 0.497 e. The van der Waals surface area contributed by atoms with E-state index in [1.54, 1.807) is 49.6 Å². The van der Waals surface area contributed by atoms with Crippen LogP contribution >= 0.6 is 35.0 Å². The molecular weight excluding hydrogens is 433 g/mol. The molecule has 0 amide bonds. The number of aromatic amines is 1. The van der Waals surface area contributed by atoms with Crippen LogP contribution in [0.4, 0.5) is 0 Å². The summed E-state index contributed by atoms with van der Waals surface area (Å²) >= 11 is 13.4. The fourth-order valence-corrected chi connectivity index (χ4v) is 3.67. The highest BCUT2D eigenvalue weighted by Crippen LogP contribution is 2.32. The molecule has 29 heavy (non-hydrogen) atoms. The topological polar surface area (TPSA) is 88.0 Å². The standard InChI is InChI=1S/C20H15Cl2N3O3S/c1-27-13-7-5-12(6-8-13)17-14(11-23)19(26)25-20(24-17)29-10-9-28-18-15(21)3-2-4-16(18)22/h2-8H,9-10H2,1H3,(H,24,25,26). The summed E-state index contributed by atoms with van der Waals surface area (Å²) in [7, 11) is 1.56. The van der Waals surface area contributed by atoms with Gasteiger partial charge in [0.1, 0.15) is 17.4 Å². The molecule has 148 valence electrons. The van der Waals surface area contributed by atoms with Crippen molar-refractivity contribution in [1.29, 1.82) is 5.26 Å². The summed E-state index contributed by atoms with van der Waals surface area (Å²) in [6.07, 6.45) is 0. The summed E-state index contributed by atoms with van der Waals surface area (Å²) in [5.74, 6) is 1.57. The molecule has 0 saturated heterocycles. The first-order valence-electron chi connectivity index (χ1n) is 8.42. The molecule has 2 aromatic carbocycles. The second kappa shape index (κ2) is 9.70. The molecule has 0 radical (unpaired) electrons. The number of hydrogen-bond donors (Lipinski definition) is 1. The van der Waals surface area contributed by atoms with E-state index >= 15 is 0 Å². The molecule has 0 fully saturated rings. The average Bonchev–Trinajstić information content (AvgIpc) is 2.72. The fourth-order valence-electron chi connectivity index (χ4n) is 2.48. The smallest absolute Gasteiger partial charge is 0.270 e. The Hall–Kier alpha value is -2.66. The third-order valence-electron chi connectivity index (χ3n) is 3.86. The first-order valence-corrected chi connectivity index (χ1v) is 10.2. The molecule has 3 rings (SSSR count). The van der Waals surface area contributed by atoms with Crippen LogP contribution in [0.2, 0.25) is 10.0 Å². The third-order valence-corrected chi connectivity index (χ3v) is 5.29. The molecule has 0 saturated carbocycles.